The van der Waals surface area contributed by atoms with E-state index in [0.29, 0.717) is 12.1 Å². The number of likely N-dealkylation sites (tertiary alicyclic amines) is 1. The molecule has 0 aromatic carbocycles. The highest BCUT2D eigenvalue weighted by molar-refractivity contribution is 4.84. The zero-order valence-corrected chi connectivity index (χ0v) is 8.71. The van der Waals surface area contributed by atoms with Crippen molar-refractivity contribution in [2.45, 2.75) is 44.7 Å². The zero-order valence-electron chi connectivity index (χ0n) is 8.71. The molecule has 2 atom stereocenters. The molecule has 2 N–H and O–H groups in total. The van der Waals surface area contributed by atoms with Crippen LogP contribution in [-0.2, 0) is 0 Å². The van der Waals surface area contributed by atoms with Gasteiger partial charge in [-0.15, -0.1) is 6.58 Å². The Morgan fingerprint density at radius 2 is 2.38 bits per heavy atom. The largest absolute Gasteiger partial charge is 0.327 e. The highest BCUT2D eigenvalue weighted by atomic mass is 15.2. The van der Waals surface area contributed by atoms with Crippen molar-refractivity contribution < 1.29 is 0 Å². The first-order chi connectivity index (χ1) is 6.25. The molecule has 1 aliphatic rings. The maximum Gasteiger partial charge on any atom is 0.0244 e. The van der Waals surface area contributed by atoms with Crippen LogP contribution in [0.2, 0.25) is 0 Å². The molecule has 2 nitrogen and oxygen atoms in total. The zero-order chi connectivity index (χ0) is 9.68. The van der Waals surface area contributed by atoms with Crippen molar-refractivity contribution in [3.63, 3.8) is 0 Å². The van der Waals surface area contributed by atoms with E-state index in [1.54, 1.807) is 0 Å². The predicted molar refractivity (Wildman–Crippen MR) is 57.7 cm³/mol. The van der Waals surface area contributed by atoms with Crippen LogP contribution in [0, 0.1) is 0 Å². The first kappa shape index (κ1) is 10.7. The van der Waals surface area contributed by atoms with Crippen molar-refractivity contribution in [1.82, 2.24) is 4.90 Å². The summed E-state index contributed by atoms with van der Waals surface area (Å²) in [7, 11) is 0. The fourth-order valence-electron chi connectivity index (χ4n) is 2.15. The molecule has 0 spiro atoms. The van der Waals surface area contributed by atoms with E-state index in [1.807, 2.05) is 6.08 Å². The molecule has 0 aromatic rings. The van der Waals surface area contributed by atoms with Crippen molar-refractivity contribution >= 4 is 0 Å². The van der Waals surface area contributed by atoms with Gasteiger partial charge in [0.25, 0.3) is 0 Å². The minimum Gasteiger partial charge on any atom is -0.327 e. The van der Waals surface area contributed by atoms with Gasteiger partial charge >= 0.3 is 0 Å². The summed E-state index contributed by atoms with van der Waals surface area (Å²) in [5.74, 6) is 0. The van der Waals surface area contributed by atoms with Crippen molar-refractivity contribution in [3.8, 4) is 0 Å². The Balaban J connectivity index is 2.41. The smallest absolute Gasteiger partial charge is 0.0244 e. The van der Waals surface area contributed by atoms with Crippen LogP contribution >= 0.6 is 0 Å². The van der Waals surface area contributed by atoms with Gasteiger partial charge in [0, 0.05) is 18.6 Å². The average Bonchev–Trinajstić information content (AvgIpc) is 2.15. The number of rotatable bonds is 4. The molecular formula is C11H22N2. The lowest BCUT2D eigenvalue weighted by atomic mass is 9.97. The Bertz CT molecular complexity index is 154. The molecule has 13 heavy (non-hydrogen) atoms. The predicted octanol–water partition coefficient (Wildman–Crippen LogP) is 1.76. The number of hydrogen-bond acceptors (Lipinski definition) is 2. The van der Waals surface area contributed by atoms with E-state index in [2.05, 4.69) is 18.4 Å². The van der Waals surface area contributed by atoms with Crippen LogP contribution in [0.4, 0.5) is 0 Å². The van der Waals surface area contributed by atoms with E-state index in [4.69, 9.17) is 5.73 Å². The Hall–Kier alpha value is -0.340. The SMILES string of the molecule is C=CCCN1CCCCC1C(C)N. The third-order valence-corrected chi connectivity index (χ3v) is 2.89. The van der Waals surface area contributed by atoms with Gasteiger partial charge in [-0.3, -0.25) is 4.90 Å². The fraction of sp³-hybridized carbons (Fsp3) is 0.818. The van der Waals surface area contributed by atoms with Gasteiger partial charge in [0.2, 0.25) is 0 Å². The summed E-state index contributed by atoms with van der Waals surface area (Å²) < 4.78 is 0. The molecule has 0 amide bonds. The maximum absolute atomic E-state index is 5.96. The van der Waals surface area contributed by atoms with E-state index in [1.165, 1.54) is 25.8 Å². The van der Waals surface area contributed by atoms with E-state index in [9.17, 15) is 0 Å². The standard InChI is InChI=1S/C11H22N2/c1-3-4-8-13-9-6-5-7-11(13)10(2)12/h3,10-11H,1,4-9,12H2,2H3. The summed E-state index contributed by atoms with van der Waals surface area (Å²) in [6, 6.07) is 0.916. The molecule has 1 fully saturated rings. The second kappa shape index (κ2) is 5.40. The molecule has 0 radical (unpaired) electrons. The highest BCUT2D eigenvalue weighted by Crippen LogP contribution is 2.18. The molecule has 2 unspecified atom stereocenters. The van der Waals surface area contributed by atoms with Crippen molar-refractivity contribution in [2.75, 3.05) is 13.1 Å². The summed E-state index contributed by atoms with van der Waals surface area (Å²) in [5, 5.41) is 0. The monoisotopic (exact) mass is 182 g/mol. The molecule has 76 valence electrons. The minimum absolute atomic E-state index is 0.310. The molecule has 1 aliphatic heterocycles. The van der Waals surface area contributed by atoms with Gasteiger partial charge in [-0.25, -0.2) is 0 Å². The van der Waals surface area contributed by atoms with Crippen LogP contribution in [0.1, 0.15) is 32.6 Å². The molecular weight excluding hydrogens is 160 g/mol. The van der Waals surface area contributed by atoms with E-state index in [0.717, 1.165) is 13.0 Å². The number of piperidine rings is 1. The summed E-state index contributed by atoms with van der Waals surface area (Å²) in [6.07, 6.45) is 7.03. The van der Waals surface area contributed by atoms with Gasteiger partial charge in [0.05, 0.1) is 0 Å². The first-order valence-corrected chi connectivity index (χ1v) is 5.36. The van der Waals surface area contributed by atoms with Crippen molar-refractivity contribution in [1.29, 1.82) is 0 Å². The Labute approximate surface area is 81.8 Å². The van der Waals surface area contributed by atoms with E-state index >= 15 is 0 Å². The lowest BCUT2D eigenvalue weighted by Crippen LogP contribution is -2.49. The number of nitrogens with zero attached hydrogens (tertiary/aromatic N) is 1. The van der Waals surface area contributed by atoms with Crippen LogP contribution in [0.15, 0.2) is 12.7 Å². The molecule has 2 heteroatoms. The third-order valence-electron chi connectivity index (χ3n) is 2.89. The van der Waals surface area contributed by atoms with Gasteiger partial charge in [0.1, 0.15) is 0 Å². The Morgan fingerprint density at radius 1 is 1.62 bits per heavy atom. The van der Waals surface area contributed by atoms with E-state index in [-0.39, 0.29) is 0 Å². The first-order valence-electron chi connectivity index (χ1n) is 5.36. The Kier molecular flexibility index (Phi) is 4.46. The second-order valence-electron chi connectivity index (χ2n) is 4.04. The van der Waals surface area contributed by atoms with Crippen LogP contribution in [-0.4, -0.2) is 30.1 Å². The lowest BCUT2D eigenvalue weighted by molar-refractivity contribution is 0.133. The summed E-state index contributed by atoms with van der Waals surface area (Å²) in [4.78, 5) is 2.52. The quantitative estimate of drug-likeness (QED) is 0.671. The van der Waals surface area contributed by atoms with Gasteiger partial charge in [-0.05, 0) is 32.7 Å². The van der Waals surface area contributed by atoms with Crippen LogP contribution in [0.25, 0.3) is 0 Å². The Morgan fingerprint density at radius 3 is 3.00 bits per heavy atom. The molecule has 1 rings (SSSR count). The highest BCUT2D eigenvalue weighted by Gasteiger charge is 2.24. The van der Waals surface area contributed by atoms with Gasteiger partial charge in [-0.2, -0.15) is 0 Å². The van der Waals surface area contributed by atoms with Crippen LogP contribution in [0.5, 0.6) is 0 Å². The lowest BCUT2D eigenvalue weighted by Gasteiger charge is -2.37. The van der Waals surface area contributed by atoms with Crippen molar-refractivity contribution in [2.24, 2.45) is 5.73 Å². The van der Waals surface area contributed by atoms with Crippen LogP contribution in [0.3, 0.4) is 0 Å². The molecule has 1 heterocycles. The summed E-state index contributed by atoms with van der Waals surface area (Å²) in [6.45, 7) is 8.24. The molecule has 0 bridgehead atoms. The van der Waals surface area contributed by atoms with Crippen LogP contribution < -0.4 is 5.73 Å². The number of hydrogen-bond donors (Lipinski definition) is 1. The third kappa shape index (κ3) is 3.12. The van der Waals surface area contributed by atoms with Gasteiger partial charge in [-0.1, -0.05) is 12.5 Å². The summed E-state index contributed by atoms with van der Waals surface area (Å²) in [5.41, 5.74) is 5.96. The van der Waals surface area contributed by atoms with E-state index < -0.39 is 0 Å². The topological polar surface area (TPSA) is 29.3 Å². The van der Waals surface area contributed by atoms with Gasteiger partial charge < -0.3 is 5.73 Å². The fourth-order valence-corrected chi connectivity index (χ4v) is 2.15. The minimum atomic E-state index is 0.310. The average molecular weight is 182 g/mol. The van der Waals surface area contributed by atoms with Gasteiger partial charge in [0.15, 0.2) is 0 Å². The molecule has 0 saturated carbocycles. The molecule has 0 aromatic heterocycles. The normalized spacial score (nSPS) is 27.1. The maximum atomic E-state index is 5.96. The van der Waals surface area contributed by atoms with Crippen molar-refractivity contribution in [3.05, 3.63) is 12.7 Å². The number of nitrogens with two attached hydrogens (primary N) is 1. The molecule has 0 aliphatic carbocycles. The summed E-state index contributed by atoms with van der Waals surface area (Å²) >= 11 is 0. The second-order valence-corrected chi connectivity index (χ2v) is 4.04. The molecule has 1 saturated heterocycles.